The van der Waals surface area contributed by atoms with Gasteiger partial charge in [0.05, 0.1) is 4.90 Å². The Hall–Kier alpha value is -0.870. The van der Waals surface area contributed by atoms with Crippen molar-refractivity contribution >= 4 is 10.0 Å². The third-order valence-corrected chi connectivity index (χ3v) is 5.80. The van der Waals surface area contributed by atoms with Crippen molar-refractivity contribution < 1.29 is 8.42 Å². The molecule has 21 heavy (non-hydrogen) atoms. The van der Waals surface area contributed by atoms with Gasteiger partial charge in [-0.25, -0.2) is 13.1 Å². The molecule has 0 aromatic heterocycles. The number of sulfonamides is 1. The third kappa shape index (κ3) is 4.55. The molecule has 0 radical (unpaired) electrons. The molecule has 118 valence electrons. The maximum atomic E-state index is 12.5. The molecule has 0 aliphatic heterocycles. The highest BCUT2D eigenvalue weighted by molar-refractivity contribution is 7.89. The molecule has 0 bridgehead atoms. The molecule has 0 heterocycles. The second-order valence-corrected chi connectivity index (χ2v) is 8.45. The fourth-order valence-electron chi connectivity index (χ4n) is 3.03. The minimum Gasteiger partial charge on any atom is -0.208 e. The largest absolute Gasteiger partial charge is 0.240 e. The lowest BCUT2D eigenvalue weighted by Gasteiger charge is -2.29. The van der Waals surface area contributed by atoms with Gasteiger partial charge in [-0.05, 0) is 48.8 Å². The summed E-state index contributed by atoms with van der Waals surface area (Å²) in [4.78, 5) is 0.382. The van der Waals surface area contributed by atoms with Crippen molar-refractivity contribution in [3.8, 4) is 0 Å². The van der Waals surface area contributed by atoms with E-state index in [9.17, 15) is 8.42 Å². The molecule has 1 aromatic rings. The van der Waals surface area contributed by atoms with Crippen LogP contribution in [0.2, 0.25) is 0 Å². The standard InChI is InChI=1S/C17H27NO2S/c1-13(2)12-15-8-10-16(11-9-15)21(19,20)18-17-7-5-4-6-14(17)3/h8-11,13-14,17-18H,4-7,12H2,1-3H3/t14-,17+/m1/s1. The van der Waals surface area contributed by atoms with Gasteiger partial charge in [-0.2, -0.15) is 0 Å². The summed E-state index contributed by atoms with van der Waals surface area (Å²) in [7, 11) is -3.39. The predicted molar refractivity (Wildman–Crippen MR) is 86.7 cm³/mol. The molecule has 1 aliphatic carbocycles. The van der Waals surface area contributed by atoms with Crippen LogP contribution in [0.5, 0.6) is 0 Å². The van der Waals surface area contributed by atoms with Crippen molar-refractivity contribution in [1.82, 2.24) is 4.72 Å². The molecule has 0 amide bonds. The minimum absolute atomic E-state index is 0.0825. The molecule has 3 nitrogen and oxygen atoms in total. The second kappa shape index (κ2) is 6.93. The highest BCUT2D eigenvalue weighted by Crippen LogP contribution is 2.25. The number of rotatable bonds is 5. The van der Waals surface area contributed by atoms with Crippen molar-refractivity contribution in [2.75, 3.05) is 0 Å². The molecule has 2 rings (SSSR count). The molecule has 0 spiro atoms. The van der Waals surface area contributed by atoms with Crippen LogP contribution in [0.1, 0.15) is 52.0 Å². The van der Waals surface area contributed by atoms with Crippen molar-refractivity contribution in [3.63, 3.8) is 0 Å². The number of benzene rings is 1. The van der Waals surface area contributed by atoms with Gasteiger partial charge in [-0.15, -0.1) is 0 Å². The molecule has 1 aromatic carbocycles. The van der Waals surface area contributed by atoms with Crippen LogP contribution in [0, 0.1) is 11.8 Å². The molecule has 0 unspecified atom stereocenters. The molecule has 1 fully saturated rings. The normalized spacial score (nSPS) is 23.4. The smallest absolute Gasteiger partial charge is 0.208 e. The van der Waals surface area contributed by atoms with E-state index in [1.165, 1.54) is 12.0 Å². The van der Waals surface area contributed by atoms with Crippen molar-refractivity contribution in [2.24, 2.45) is 11.8 Å². The fraction of sp³-hybridized carbons (Fsp3) is 0.647. The van der Waals surface area contributed by atoms with Gasteiger partial charge in [0.15, 0.2) is 0 Å². The fourth-order valence-corrected chi connectivity index (χ4v) is 4.41. The summed E-state index contributed by atoms with van der Waals surface area (Å²) in [5, 5.41) is 0. The Morgan fingerprint density at radius 1 is 1.14 bits per heavy atom. The quantitative estimate of drug-likeness (QED) is 0.900. The van der Waals surface area contributed by atoms with Crippen LogP contribution in [0.3, 0.4) is 0 Å². The zero-order valence-corrected chi connectivity index (χ0v) is 14.1. The predicted octanol–water partition coefficient (Wildman–Crippen LogP) is 3.74. The van der Waals surface area contributed by atoms with E-state index in [1.54, 1.807) is 12.1 Å². The molecular weight excluding hydrogens is 282 g/mol. The summed E-state index contributed by atoms with van der Waals surface area (Å²) in [6, 6.07) is 7.40. The van der Waals surface area contributed by atoms with Gasteiger partial charge in [0.2, 0.25) is 10.0 Å². The van der Waals surface area contributed by atoms with Gasteiger partial charge in [0.25, 0.3) is 0 Å². The van der Waals surface area contributed by atoms with Gasteiger partial charge >= 0.3 is 0 Å². The molecule has 0 saturated heterocycles. The van der Waals surface area contributed by atoms with Crippen molar-refractivity contribution in [3.05, 3.63) is 29.8 Å². The Labute approximate surface area is 129 Å². The van der Waals surface area contributed by atoms with E-state index in [-0.39, 0.29) is 6.04 Å². The molecule has 1 aliphatic rings. The van der Waals surface area contributed by atoms with E-state index in [0.29, 0.717) is 16.7 Å². The second-order valence-electron chi connectivity index (χ2n) is 6.73. The first-order valence-electron chi connectivity index (χ1n) is 8.00. The SMILES string of the molecule is CC(C)Cc1ccc(S(=O)(=O)N[C@H]2CCCC[C@H]2C)cc1. The lowest BCUT2D eigenvalue weighted by atomic mass is 9.87. The average Bonchev–Trinajstić information content (AvgIpc) is 2.41. The van der Waals surface area contributed by atoms with Gasteiger partial charge < -0.3 is 0 Å². The minimum atomic E-state index is -3.39. The summed E-state index contributed by atoms with van der Waals surface area (Å²) in [5.74, 6) is 1.00. The van der Waals surface area contributed by atoms with E-state index in [4.69, 9.17) is 0 Å². The maximum absolute atomic E-state index is 12.5. The zero-order valence-electron chi connectivity index (χ0n) is 13.3. The van der Waals surface area contributed by atoms with Crippen LogP contribution in [0.15, 0.2) is 29.2 Å². The lowest BCUT2D eigenvalue weighted by Crippen LogP contribution is -2.40. The highest BCUT2D eigenvalue weighted by Gasteiger charge is 2.26. The third-order valence-electron chi connectivity index (χ3n) is 4.30. The van der Waals surface area contributed by atoms with Crippen LogP contribution in [-0.2, 0) is 16.4 Å². The molecular formula is C17H27NO2S. The monoisotopic (exact) mass is 309 g/mol. The molecule has 2 atom stereocenters. The summed E-state index contributed by atoms with van der Waals surface area (Å²) in [6.07, 6.45) is 5.37. The first kappa shape index (κ1) is 16.5. The van der Waals surface area contributed by atoms with Crippen LogP contribution >= 0.6 is 0 Å². The Balaban J connectivity index is 2.08. The average molecular weight is 309 g/mol. The number of hydrogen-bond donors (Lipinski definition) is 1. The van der Waals surface area contributed by atoms with Crippen LogP contribution in [0.25, 0.3) is 0 Å². The number of hydrogen-bond acceptors (Lipinski definition) is 2. The molecule has 4 heteroatoms. The molecule has 1 saturated carbocycles. The first-order valence-corrected chi connectivity index (χ1v) is 9.48. The zero-order chi connectivity index (χ0) is 15.5. The Morgan fingerprint density at radius 3 is 2.33 bits per heavy atom. The summed E-state index contributed by atoms with van der Waals surface area (Å²) in [5.41, 5.74) is 1.19. The van der Waals surface area contributed by atoms with Gasteiger partial charge in [-0.1, -0.05) is 45.7 Å². The Bertz CT molecular complexity index is 549. The first-order chi connectivity index (χ1) is 9.88. The van der Waals surface area contributed by atoms with E-state index < -0.39 is 10.0 Å². The number of nitrogens with one attached hydrogen (secondary N) is 1. The Kier molecular flexibility index (Phi) is 5.44. The van der Waals surface area contributed by atoms with Gasteiger partial charge in [0.1, 0.15) is 0 Å². The van der Waals surface area contributed by atoms with Gasteiger partial charge in [0, 0.05) is 6.04 Å². The van der Waals surface area contributed by atoms with Gasteiger partial charge in [-0.3, -0.25) is 0 Å². The van der Waals surface area contributed by atoms with Crippen LogP contribution < -0.4 is 4.72 Å². The molecule has 1 N–H and O–H groups in total. The summed E-state index contributed by atoms with van der Waals surface area (Å²) < 4.78 is 27.8. The lowest BCUT2D eigenvalue weighted by molar-refractivity contribution is 0.310. The maximum Gasteiger partial charge on any atom is 0.240 e. The van der Waals surface area contributed by atoms with E-state index >= 15 is 0 Å². The van der Waals surface area contributed by atoms with Crippen molar-refractivity contribution in [2.45, 2.75) is 63.8 Å². The Morgan fingerprint density at radius 2 is 1.76 bits per heavy atom. The van der Waals surface area contributed by atoms with E-state index in [1.807, 2.05) is 12.1 Å². The van der Waals surface area contributed by atoms with E-state index in [2.05, 4.69) is 25.5 Å². The van der Waals surface area contributed by atoms with Crippen LogP contribution in [0.4, 0.5) is 0 Å². The summed E-state index contributed by atoms with van der Waals surface area (Å²) >= 11 is 0. The highest BCUT2D eigenvalue weighted by atomic mass is 32.2. The van der Waals surface area contributed by atoms with Crippen LogP contribution in [-0.4, -0.2) is 14.5 Å². The topological polar surface area (TPSA) is 46.2 Å². The summed E-state index contributed by atoms with van der Waals surface area (Å²) in [6.45, 7) is 6.46. The van der Waals surface area contributed by atoms with Crippen molar-refractivity contribution in [1.29, 1.82) is 0 Å². The van der Waals surface area contributed by atoms with E-state index in [0.717, 1.165) is 25.7 Å².